The highest BCUT2D eigenvalue weighted by Gasteiger charge is 2.11. The van der Waals surface area contributed by atoms with Crippen molar-refractivity contribution in [3.05, 3.63) is 39.1 Å². The molecule has 5 nitrogen and oxygen atoms in total. The van der Waals surface area contributed by atoms with Crippen LogP contribution in [0.25, 0.3) is 0 Å². The summed E-state index contributed by atoms with van der Waals surface area (Å²) >= 11 is 9.60. The lowest BCUT2D eigenvalue weighted by Crippen LogP contribution is -2.14. The molecule has 0 radical (unpaired) electrons. The lowest BCUT2D eigenvalue weighted by molar-refractivity contribution is 0.932. The number of hydrazine groups is 1. The van der Waals surface area contributed by atoms with E-state index in [9.17, 15) is 0 Å². The molecule has 106 valence electrons. The van der Waals surface area contributed by atoms with Crippen molar-refractivity contribution in [3.8, 4) is 0 Å². The molecular formula is C13H15BrClN5. The maximum Gasteiger partial charge on any atom is 0.148 e. The highest BCUT2D eigenvalue weighted by molar-refractivity contribution is 9.10. The van der Waals surface area contributed by atoms with Crippen LogP contribution >= 0.6 is 27.5 Å². The molecule has 0 saturated carbocycles. The molecular weight excluding hydrogens is 342 g/mol. The summed E-state index contributed by atoms with van der Waals surface area (Å²) in [7, 11) is 0. The molecule has 0 atom stereocenters. The number of halogens is 2. The third-order valence-electron chi connectivity index (χ3n) is 2.83. The number of nitrogen functional groups attached to an aromatic ring is 1. The monoisotopic (exact) mass is 355 g/mol. The zero-order valence-corrected chi connectivity index (χ0v) is 13.5. The van der Waals surface area contributed by atoms with Crippen molar-refractivity contribution in [1.82, 2.24) is 9.97 Å². The highest BCUT2D eigenvalue weighted by atomic mass is 79.9. The first-order chi connectivity index (χ1) is 9.55. The molecule has 1 heterocycles. The molecule has 0 unspecified atom stereocenters. The van der Waals surface area contributed by atoms with Crippen molar-refractivity contribution in [1.29, 1.82) is 0 Å². The van der Waals surface area contributed by atoms with E-state index in [1.165, 1.54) is 0 Å². The van der Waals surface area contributed by atoms with Crippen molar-refractivity contribution in [2.75, 3.05) is 10.7 Å². The van der Waals surface area contributed by atoms with Crippen LogP contribution in [-0.4, -0.2) is 9.97 Å². The maximum atomic E-state index is 6.18. The van der Waals surface area contributed by atoms with Crippen molar-refractivity contribution in [2.24, 2.45) is 5.84 Å². The largest absolute Gasteiger partial charge is 0.339 e. The van der Waals surface area contributed by atoms with Gasteiger partial charge in [0.05, 0.1) is 10.7 Å². The van der Waals surface area contributed by atoms with Gasteiger partial charge in [-0.1, -0.05) is 34.5 Å². The van der Waals surface area contributed by atoms with Crippen LogP contribution in [0.4, 0.5) is 17.3 Å². The second kappa shape index (κ2) is 6.39. The van der Waals surface area contributed by atoms with Crippen LogP contribution in [0.3, 0.4) is 0 Å². The summed E-state index contributed by atoms with van der Waals surface area (Å²) in [6, 6.07) is 5.59. The van der Waals surface area contributed by atoms with Crippen LogP contribution in [0.5, 0.6) is 0 Å². The average Bonchev–Trinajstić information content (AvgIpc) is 2.45. The number of nitrogens with two attached hydrogens (primary N) is 1. The minimum atomic E-state index is 0.602. The second-order valence-electron chi connectivity index (χ2n) is 4.21. The lowest BCUT2D eigenvalue weighted by atomic mass is 10.2. The van der Waals surface area contributed by atoms with Gasteiger partial charge in [0.2, 0.25) is 0 Å². The van der Waals surface area contributed by atoms with Crippen LogP contribution in [-0.2, 0) is 6.42 Å². The second-order valence-corrected chi connectivity index (χ2v) is 5.53. The fraction of sp³-hybridized carbons (Fsp3) is 0.231. The first-order valence-electron chi connectivity index (χ1n) is 6.11. The van der Waals surface area contributed by atoms with E-state index < -0.39 is 0 Å². The summed E-state index contributed by atoms with van der Waals surface area (Å²) in [6.45, 7) is 3.88. The Balaban J connectivity index is 2.44. The molecule has 0 spiro atoms. The topological polar surface area (TPSA) is 75.9 Å². The van der Waals surface area contributed by atoms with E-state index in [4.69, 9.17) is 17.4 Å². The molecule has 2 aromatic rings. The Bertz CT molecular complexity index is 632. The Morgan fingerprint density at radius 3 is 2.65 bits per heavy atom. The Morgan fingerprint density at radius 1 is 1.30 bits per heavy atom. The molecule has 7 heteroatoms. The van der Waals surface area contributed by atoms with Gasteiger partial charge in [0.25, 0.3) is 0 Å². The van der Waals surface area contributed by atoms with Crippen LogP contribution in [0.15, 0.2) is 22.7 Å². The maximum absolute atomic E-state index is 6.18. The van der Waals surface area contributed by atoms with Crippen LogP contribution in [0, 0.1) is 6.92 Å². The number of rotatable bonds is 4. The third kappa shape index (κ3) is 3.20. The van der Waals surface area contributed by atoms with Gasteiger partial charge in [0, 0.05) is 16.5 Å². The van der Waals surface area contributed by atoms with Gasteiger partial charge in [-0.2, -0.15) is 0 Å². The third-order valence-corrected chi connectivity index (χ3v) is 3.65. The van der Waals surface area contributed by atoms with Crippen LogP contribution in [0.1, 0.15) is 18.3 Å². The summed E-state index contributed by atoms with van der Waals surface area (Å²) in [6.07, 6.45) is 0.718. The summed E-state index contributed by atoms with van der Waals surface area (Å²) in [4.78, 5) is 8.80. The zero-order valence-electron chi connectivity index (χ0n) is 11.2. The Morgan fingerprint density at radius 2 is 2.00 bits per heavy atom. The number of anilines is 3. The average molecular weight is 357 g/mol. The summed E-state index contributed by atoms with van der Waals surface area (Å²) in [5.41, 5.74) is 4.19. The molecule has 0 bridgehead atoms. The van der Waals surface area contributed by atoms with Gasteiger partial charge in [-0.25, -0.2) is 15.8 Å². The van der Waals surface area contributed by atoms with E-state index in [0.717, 1.165) is 22.1 Å². The smallest absolute Gasteiger partial charge is 0.148 e. The van der Waals surface area contributed by atoms with E-state index in [-0.39, 0.29) is 0 Å². The molecule has 0 aliphatic carbocycles. The fourth-order valence-electron chi connectivity index (χ4n) is 1.70. The fourth-order valence-corrected chi connectivity index (χ4v) is 2.23. The van der Waals surface area contributed by atoms with Crippen molar-refractivity contribution in [2.45, 2.75) is 20.3 Å². The van der Waals surface area contributed by atoms with E-state index in [1.807, 2.05) is 32.0 Å². The highest BCUT2D eigenvalue weighted by Crippen LogP contribution is 2.30. The molecule has 0 fully saturated rings. The molecule has 2 rings (SSSR count). The number of aromatic nitrogens is 2. The Labute approximate surface area is 131 Å². The molecule has 0 amide bonds. The van der Waals surface area contributed by atoms with E-state index in [2.05, 4.69) is 36.6 Å². The number of hydrogen-bond donors (Lipinski definition) is 3. The van der Waals surface area contributed by atoms with E-state index in [1.54, 1.807) is 0 Å². The van der Waals surface area contributed by atoms with Gasteiger partial charge in [-0.3, -0.25) is 0 Å². The van der Waals surface area contributed by atoms with Crippen molar-refractivity contribution >= 4 is 44.9 Å². The summed E-state index contributed by atoms with van der Waals surface area (Å²) in [5.74, 6) is 7.48. The van der Waals surface area contributed by atoms with Gasteiger partial charge in [-0.05, 0) is 25.1 Å². The number of nitrogens with zero attached hydrogens (tertiary/aromatic N) is 2. The standard InChI is InChI=1S/C13H15BrClN5/c1-3-11-18-12(7(2)13(19-11)20-16)17-10-6-8(14)4-5-9(10)15/h4-6H,3,16H2,1-2H3,(H2,17,18,19,20). The van der Waals surface area contributed by atoms with E-state index in [0.29, 0.717) is 22.5 Å². The quantitative estimate of drug-likeness (QED) is 0.574. The first-order valence-corrected chi connectivity index (χ1v) is 7.28. The number of nitrogens with one attached hydrogen (secondary N) is 2. The minimum Gasteiger partial charge on any atom is -0.339 e. The molecule has 0 aliphatic heterocycles. The van der Waals surface area contributed by atoms with Crippen molar-refractivity contribution in [3.63, 3.8) is 0 Å². The predicted molar refractivity (Wildman–Crippen MR) is 86.4 cm³/mol. The molecule has 4 N–H and O–H groups in total. The van der Waals surface area contributed by atoms with Gasteiger partial charge in [-0.15, -0.1) is 0 Å². The van der Waals surface area contributed by atoms with Gasteiger partial charge in [0.1, 0.15) is 17.5 Å². The Kier molecular flexibility index (Phi) is 4.80. The number of benzene rings is 1. The van der Waals surface area contributed by atoms with Crippen LogP contribution in [0.2, 0.25) is 5.02 Å². The summed E-state index contributed by atoms with van der Waals surface area (Å²) in [5, 5.41) is 3.84. The van der Waals surface area contributed by atoms with E-state index >= 15 is 0 Å². The predicted octanol–water partition coefficient (Wildman–Crippen LogP) is 3.79. The minimum absolute atomic E-state index is 0.602. The molecule has 0 saturated heterocycles. The van der Waals surface area contributed by atoms with Gasteiger partial charge >= 0.3 is 0 Å². The van der Waals surface area contributed by atoms with Gasteiger partial charge in [0.15, 0.2) is 0 Å². The Hall–Kier alpha value is -1.37. The SMILES string of the molecule is CCc1nc(NN)c(C)c(Nc2cc(Br)ccc2Cl)n1. The van der Waals surface area contributed by atoms with Crippen molar-refractivity contribution < 1.29 is 0 Å². The van der Waals surface area contributed by atoms with Gasteiger partial charge < -0.3 is 10.7 Å². The first kappa shape index (κ1) is 15.0. The molecule has 1 aromatic carbocycles. The molecule has 20 heavy (non-hydrogen) atoms. The zero-order chi connectivity index (χ0) is 14.7. The van der Waals surface area contributed by atoms with Crippen LogP contribution < -0.4 is 16.6 Å². The lowest BCUT2D eigenvalue weighted by Gasteiger charge is -2.14. The molecule has 1 aromatic heterocycles. The molecule has 0 aliphatic rings. The summed E-state index contributed by atoms with van der Waals surface area (Å²) < 4.78 is 0.934. The number of aryl methyl sites for hydroxylation is 1. The number of hydrogen-bond acceptors (Lipinski definition) is 5. The normalized spacial score (nSPS) is 10.4.